The second-order valence-corrected chi connectivity index (χ2v) is 7.37. The van der Waals surface area contributed by atoms with Gasteiger partial charge in [0.25, 0.3) is 5.91 Å². The molecule has 0 radical (unpaired) electrons. The lowest BCUT2D eigenvalue weighted by Crippen LogP contribution is -2.43. The highest BCUT2D eigenvalue weighted by Gasteiger charge is 2.13. The fraction of sp³-hybridized carbons (Fsp3) is 0.364. The largest absolute Gasteiger partial charge is 0.350 e. The fourth-order valence-corrected chi connectivity index (χ4v) is 3.18. The van der Waals surface area contributed by atoms with Gasteiger partial charge in [-0.15, -0.1) is 0 Å². The van der Waals surface area contributed by atoms with Crippen LogP contribution in [0.1, 0.15) is 21.5 Å². The number of rotatable bonds is 7. The molecule has 1 aliphatic rings. The van der Waals surface area contributed by atoms with Gasteiger partial charge in [-0.3, -0.25) is 14.5 Å². The number of hydrogen-bond donors (Lipinski definition) is 2. The van der Waals surface area contributed by atoms with Crippen LogP contribution in [0.2, 0.25) is 0 Å². The highest BCUT2D eigenvalue weighted by atomic mass is 19.1. The van der Waals surface area contributed by atoms with Crippen molar-refractivity contribution in [1.82, 2.24) is 20.4 Å². The molecule has 1 heterocycles. The van der Waals surface area contributed by atoms with Crippen molar-refractivity contribution in [1.29, 1.82) is 0 Å². The van der Waals surface area contributed by atoms with Crippen LogP contribution >= 0.6 is 0 Å². The molecule has 154 valence electrons. The molecule has 2 aromatic carbocycles. The Balaban J connectivity index is 1.39. The lowest BCUT2D eigenvalue weighted by molar-refractivity contribution is -0.120. The normalized spacial score (nSPS) is 15.1. The number of hydrogen-bond acceptors (Lipinski definition) is 4. The Morgan fingerprint density at radius 1 is 0.966 bits per heavy atom. The molecular formula is C22H27FN4O2. The van der Waals surface area contributed by atoms with Gasteiger partial charge in [0.1, 0.15) is 5.82 Å². The van der Waals surface area contributed by atoms with Gasteiger partial charge in [0.2, 0.25) is 5.91 Å². The molecule has 6 nitrogen and oxygen atoms in total. The molecule has 0 aromatic heterocycles. The zero-order valence-electron chi connectivity index (χ0n) is 16.7. The minimum absolute atomic E-state index is 0.156. The third kappa shape index (κ3) is 6.66. The standard InChI is InChI=1S/C22H27FN4O2/c1-26-9-11-27(12-10-26)16-18-7-5-17(6-8-18)14-24-21(28)15-25-22(29)19-3-2-4-20(23)13-19/h2-8,13H,9-12,14-16H2,1H3,(H,24,28)(H,25,29). The number of carbonyl (C=O) groups excluding carboxylic acids is 2. The van der Waals surface area contributed by atoms with E-state index in [1.807, 2.05) is 12.1 Å². The number of benzene rings is 2. The lowest BCUT2D eigenvalue weighted by atomic mass is 10.1. The average Bonchev–Trinajstić information content (AvgIpc) is 2.73. The zero-order chi connectivity index (χ0) is 20.6. The van der Waals surface area contributed by atoms with Crippen LogP contribution < -0.4 is 10.6 Å². The van der Waals surface area contributed by atoms with E-state index in [1.54, 1.807) is 0 Å². The van der Waals surface area contributed by atoms with Crippen LogP contribution in [-0.2, 0) is 17.9 Å². The minimum atomic E-state index is -0.488. The van der Waals surface area contributed by atoms with Gasteiger partial charge in [-0.25, -0.2) is 4.39 Å². The van der Waals surface area contributed by atoms with Gasteiger partial charge in [-0.05, 0) is 36.4 Å². The first-order valence-electron chi connectivity index (χ1n) is 9.79. The van der Waals surface area contributed by atoms with E-state index in [0.29, 0.717) is 6.54 Å². The van der Waals surface area contributed by atoms with E-state index in [0.717, 1.165) is 44.4 Å². The van der Waals surface area contributed by atoms with Crippen LogP contribution in [0, 0.1) is 5.82 Å². The van der Waals surface area contributed by atoms with Gasteiger partial charge in [0.05, 0.1) is 6.54 Å². The van der Waals surface area contributed by atoms with E-state index in [1.165, 1.54) is 23.8 Å². The molecule has 0 atom stereocenters. The maximum Gasteiger partial charge on any atom is 0.251 e. The Kier molecular flexibility index (Phi) is 7.32. The predicted octanol–water partition coefficient (Wildman–Crippen LogP) is 1.62. The first-order chi connectivity index (χ1) is 14.0. The third-order valence-corrected chi connectivity index (χ3v) is 5.01. The van der Waals surface area contributed by atoms with Crippen molar-refractivity contribution >= 4 is 11.8 Å². The Labute approximate surface area is 170 Å². The Morgan fingerprint density at radius 2 is 1.66 bits per heavy atom. The summed E-state index contributed by atoms with van der Waals surface area (Å²) in [6.07, 6.45) is 0. The van der Waals surface area contributed by atoms with Crippen LogP contribution in [-0.4, -0.2) is 61.4 Å². The van der Waals surface area contributed by atoms with Crippen LogP contribution in [0.4, 0.5) is 4.39 Å². The summed E-state index contributed by atoms with van der Waals surface area (Å²) in [5.41, 5.74) is 2.44. The van der Waals surface area contributed by atoms with Gasteiger partial charge >= 0.3 is 0 Å². The molecule has 0 spiro atoms. The smallest absolute Gasteiger partial charge is 0.251 e. The molecule has 0 bridgehead atoms. The van der Waals surface area contributed by atoms with Crippen LogP contribution in [0.5, 0.6) is 0 Å². The number of likely N-dealkylation sites (N-methyl/N-ethyl adjacent to an activating group) is 1. The van der Waals surface area contributed by atoms with E-state index in [2.05, 4.69) is 39.6 Å². The van der Waals surface area contributed by atoms with Gasteiger partial charge in [-0.2, -0.15) is 0 Å². The van der Waals surface area contributed by atoms with Gasteiger partial charge in [0.15, 0.2) is 0 Å². The fourth-order valence-electron chi connectivity index (χ4n) is 3.18. The molecule has 0 saturated carbocycles. The van der Waals surface area contributed by atoms with Crippen molar-refractivity contribution in [3.8, 4) is 0 Å². The van der Waals surface area contributed by atoms with Crippen molar-refractivity contribution in [2.45, 2.75) is 13.1 Å². The number of piperazine rings is 1. The molecule has 3 rings (SSSR count). The summed E-state index contributed by atoms with van der Waals surface area (Å²) < 4.78 is 13.1. The molecule has 7 heteroatoms. The average molecular weight is 398 g/mol. The molecule has 0 aliphatic carbocycles. The number of halogens is 1. The summed E-state index contributed by atoms with van der Waals surface area (Å²) >= 11 is 0. The third-order valence-electron chi connectivity index (χ3n) is 5.01. The van der Waals surface area contributed by atoms with E-state index in [-0.39, 0.29) is 18.0 Å². The van der Waals surface area contributed by atoms with Crippen LogP contribution in [0.25, 0.3) is 0 Å². The molecule has 0 unspecified atom stereocenters. The van der Waals surface area contributed by atoms with Crippen molar-refractivity contribution in [2.24, 2.45) is 0 Å². The first-order valence-corrected chi connectivity index (χ1v) is 9.79. The summed E-state index contributed by atoms with van der Waals surface area (Å²) in [5.74, 6) is -1.26. The van der Waals surface area contributed by atoms with Gasteiger partial charge in [0, 0.05) is 44.8 Å². The van der Waals surface area contributed by atoms with Crippen molar-refractivity contribution in [2.75, 3.05) is 39.8 Å². The monoisotopic (exact) mass is 398 g/mol. The van der Waals surface area contributed by atoms with E-state index in [9.17, 15) is 14.0 Å². The maximum absolute atomic E-state index is 13.1. The Morgan fingerprint density at radius 3 is 2.34 bits per heavy atom. The van der Waals surface area contributed by atoms with Gasteiger partial charge in [-0.1, -0.05) is 30.3 Å². The molecule has 1 saturated heterocycles. The Hall–Kier alpha value is -2.77. The zero-order valence-corrected chi connectivity index (χ0v) is 16.7. The second kappa shape index (κ2) is 10.1. The summed E-state index contributed by atoms with van der Waals surface area (Å²) in [5, 5.41) is 5.27. The molecular weight excluding hydrogens is 371 g/mol. The molecule has 2 aromatic rings. The molecule has 29 heavy (non-hydrogen) atoms. The summed E-state index contributed by atoms with van der Waals surface area (Å²) in [6.45, 7) is 5.53. The summed E-state index contributed by atoms with van der Waals surface area (Å²) in [4.78, 5) is 28.7. The quantitative estimate of drug-likeness (QED) is 0.744. The van der Waals surface area contributed by atoms with Crippen LogP contribution in [0.15, 0.2) is 48.5 Å². The van der Waals surface area contributed by atoms with Crippen LogP contribution in [0.3, 0.4) is 0 Å². The highest BCUT2D eigenvalue weighted by molar-refractivity contribution is 5.96. The molecule has 1 fully saturated rings. The maximum atomic E-state index is 13.1. The number of carbonyl (C=O) groups is 2. The topological polar surface area (TPSA) is 64.7 Å². The lowest BCUT2D eigenvalue weighted by Gasteiger charge is -2.32. The van der Waals surface area contributed by atoms with E-state index < -0.39 is 11.7 Å². The van der Waals surface area contributed by atoms with E-state index in [4.69, 9.17) is 0 Å². The Bertz CT molecular complexity index is 833. The van der Waals surface area contributed by atoms with Crippen molar-refractivity contribution < 1.29 is 14.0 Å². The minimum Gasteiger partial charge on any atom is -0.350 e. The molecule has 1 aliphatic heterocycles. The molecule has 2 N–H and O–H groups in total. The van der Waals surface area contributed by atoms with Gasteiger partial charge < -0.3 is 15.5 Å². The number of nitrogens with one attached hydrogen (secondary N) is 2. The molecule has 2 amide bonds. The first kappa shape index (κ1) is 21.0. The SMILES string of the molecule is CN1CCN(Cc2ccc(CNC(=O)CNC(=O)c3cccc(F)c3)cc2)CC1. The highest BCUT2D eigenvalue weighted by Crippen LogP contribution is 2.10. The predicted molar refractivity (Wildman–Crippen MR) is 110 cm³/mol. The van der Waals surface area contributed by atoms with Crippen molar-refractivity contribution in [3.05, 3.63) is 71.0 Å². The van der Waals surface area contributed by atoms with E-state index >= 15 is 0 Å². The number of amides is 2. The number of nitrogens with zero attached hydrogens (tertiary/aromatic N) is 2. The second-order valence-electron chi connectivity index (χ2n) is 7.37. The summed E-state index contributed by atoms with van der Waals surface area (Å²) in [7, 11) is 2.15. The summed E-state index contributed by atoms with van der Waals surface area (Å²) in [6, 6.07) is 13.6. The van der Waals surface area contributed by atoms with Crippen molar-refractivity contribution in [3.63, 3.8) is 0 Å².